The van der Waals surface area contributed by atoms with Gasteiger partial charge in [-0.2, -0.15) is 0 Å². The second kappa shape index (κ2) is 6.73. The van der Waals surface area contributed by atoms with E-state index in [1.54, 1.807) is 7.11 Å². The molecule has 0 bridgehead atoms. The molecule has 0 aliphatic carbocycles. The number of halogens is 1. The molecule has 0 unspecified atom stereocenters. The second-order valence-electron chi connectivity index (χ2n) is 4.51. The van der Waals surface area contributed by atoms with Gasteiger partial charge < -0.3 is 10.1 Å². The first kappa shape index (κ1) is 14.1. The summed E-state index contributed by atoms with van der Waals surface area (Å²) >= 11 is 3.60. The van der Waals surface area contributed by atoms with Gasteiger partial charge in [0.1, 0.15) is 5.75 Å². The SMILES string of the molecule is COc1ccccc1CNCc1ccc(C)cc1Br. The lowest BCUT2D eigenvalue weighted by atomic mass is 10.1. The molecule has 0 saturated carbocycles. The molecule has 0 heterocycles. The maximum atomic E-state index is 5.34. The fourth-order valence-electron chi connectivity index (χ4n) is 1.98. The number of methoxy groups -OCH3 is 1. The van der Waals surface area contributed by atoms with Crippen LogP contribution in [0.15, 0.2) is 46.9 Å². The van der Waals surface area contributed by atoms with E-state index in [1.807, 2.05) is 18.2 Å². The summed E-state index contributed by atoms with van der Waals surface area (Å²) in [4.78, 5) is 0. The highest BCUT2D eigenvalue weighted by Gasteiger charge is 2.03. The molecule has 2 rings (SSSR count). The zero-order valence-corrected chi connectivity index (χ0v) is 12.8. The summed E-state index contributed by atoms with van der Waals surface area (Å²) < 4.78 is 6.49. The van der Waals surface area contributed by atoms with Gasteiger partial charge in [-0.25, -0.2) is 0 Å². The molecule has 2 aromatic carbocycles. The molecule has 0 atom stereocenters. The van der Waals surface area contributed by atoms with Gasteiger partial charge in [0, 0.05) is 23.1 Å². The Morgan fingerprint density at radius 1 is 1.05 bits per heavy atom. The molecular weight excluding hydrogens is 302 g/mol. The van der Waals surface area contributed by atoms with Gasteiger partial charge >= 0.3 is 0 Å². The van der Waals surface area contributed by atoms with Crippen LogP contribution < -0.4 is 10.1 Å². The predicted octanol–water partition coefficient (Wildman–Crippen LogP) is 4.06. The summed E-state index contributed by atoms with van der Waals surface area (Å²) in [5, 5.41) is 3.44. The van der Waals surface area contributed by atoms with Crippen LogP contribution in [0.3, 0.4) is 0 Å². The average molecular weight is 320 g/mol. The van der Waals surface area contributed by atoms with Crippen molar-refractivity contribution in [3.63, 3.8) is 0 Å². The number of rotatable bonds is 5. The summed E-state index contributed by atoms with van der Waals surface area (Å²) in [5.41, 5.74) is 3.70. The highest BCUT2D eigenvalue weighted by atomic mass is 79.9. The molecule has 1 N–H and O–H groups in total. The first-order chi connectivity index (χ1) is 9.20. The molecule has 0 radical (unpaired) electrons. The van der Waals surface area contributed by atoms with Gasteiger partial charge in [-0.05, 0) is 30.2 Å². The van der Waals surface area contributed by atoms with Crippen LogP contribution in [0.4, 0.5) is 0 Å². The standard InChI is InChI=1S/C16H18BrNO/c1-12-7-8-13(15(17)9-12)10-18-11-14-5-3-4-6-16(14)19-2/h3-9,18H,10-11H2,1-2H3. The van der Waals surface area contributed by atoms with Gasteiger partial charge in [0.05, 0.1) is 7.11 Å². The summed E-state index contributed by atoms with van der Waals surface area (Å²) in [6.45, 7) is 3.72. The number of hydrogen-bond donors (Lipinski definition) is 1. The molecule has 0 aliphatic heterocycles. The lowest BCUT2D eigenvalue weighted by molar-refractivity contribution is 0.407. The summed E-state index contributed by atoms with van der Waals surface area (Å²) in [5.74, 6) is 0.929. The van der Waals surface area contributed by atoms with E-state index in [0.717, 1.165) is 23.3 Å². The number of nitrogens with one attached hydrogen (secondary N) is 1. The third kappa shape index (κ3) is 3.82. The summed E-state index contributed by atoms with van der Waals surface area (Å²) in [7, 11) is 1.70. The molecule has 2 aromatic rings. The molecule has 100 valence electrons. The highest BCUT2D eigenvalue weighted by molar-refractivity contribution is 9.10. The quantitative estimate of drug-likeness (QED) is 0.897. The minimum absolute atomic E-state index is 0.796. The summed E-state index contributed by atoms with van der Waals surface area (Å²) in [6.07, 6.45) is 0. The van der Waals surface area contributed by atoms with Gasteiger partial charge in [0.2, 0.25) is 0 Å². The Kier molecular flexibility index (Phi) is 5.00. The third-order valence-electron chi connectivity index (χ3n) is 3.03. The molecule has 0 aliphatic rings. The molecule has 2 nitrogen and oxygen atoms in total. The zero-order valence-electron chi connectivity index (χ0n) is 11.2. The van der Waals surface area contributed by atoms with E-state index in [4.69, 9.17) is 4.74 Å². The minimum Gasteiger partial charge on any atom is -0.496 e. The number of ether oxygens (including phenoxy) is 1. The van der Waals surface area contributed by atoms with Crippen molar-refractivity contribution in [3.05, 3.63) is 63.6 Å². The average Bonchev–Trinajstić information content (AvgIpc) is 2.42. The Morgan fingerprint density at radius 2 is 1.79 bits per heavy atom. The summed E-state index contributed by atoms with van der Waals surface area (Å²) in [6, 6.07) is 14.5. The lowest BCUT2D eigenvalue weighted by Crippen LogP contribution is -2.13. The van der Waals surface area contributed by atoms with Crippen molar-refractivity contribution in [1.29, 1.82) is 0 Å². The van der Waals surface area contributed by atoms with E-state index in [2.05, 4.69) is 52.4 Å². The Balaban J connectivity index is 1.96. The topological polar surface area (TPSA) is 21.3 Å². The van der Waals surface area contributed by atoms with E-state index in [-0.39, 0.29) is 0 Å². The van der Waals surface area contributed by atoms with Crippen LogP contribution >= 0.6 is 15.9 Å². The number of hydrogen-bond acceptors (Lipinski definition) is 2. The first-order valence-electron chi connectivity index (χ1n) is 6.28. The smallest absolute Gasteiger partial charge is 0.123 e. The minimum atomic E-state index is 0.796. The first-order valence-corrected chi connectivity index (χ1v) is 7.07. The van der Waals surface area contributed by atoms with Gasteiger partial charge in [0.15, 0.2) is 0 Å². The van der Waals surface area contributed by atoms with Crippen LogP contribution in [0.2, 0.25) is 0 Å². The van der Waals surface area contributed by atoms with Crippen molar-refractivity contribution in [3.8, 4) is 5.75 Å². The molecule has 0 amide bonds. The van der Waals surface area contributed by atoms with Crippen LogP contribution in [-0.4, -0.2) is 7.11 Å². The van der Waals surface area contributed by atoms with Crippen molar-refractivity contribution in [2.24, 2.45) is 0 Å². The molecular formula is C16H18BrNO. The Hall–Kier alpha value is -1.32. The number of para-hydroxylation sites is 1. The molecule has 3 heteroatoms. The van der Waals surface area contributed by atoms with Crippen LogP contribution in [0, 0.1) is 6.92 Å². The number of benzene rings is 2. The largest absolute Gasteiger partial charge is 0.496 e. The van der Waals surface area contributed by atoms with Gasteiger partial charge in [0.25, 0.3) is 0 Å². The van der Waals surface area contributed by atoms with E-state index < -0.39 is 0 Å². The van der Waals surface area contributed by atoms with Gasteiger partial charge in [-0.1, -0.05) is 46.3 Å². The maximum Gasteiger partial charge on any atom is 0.123 e. The van der Waals surface area contributed by atoms with Crippen molar-refractivity contribution in [2.75, 3.05) is 7.11 Å². The molecule has 0 saturated heterocycles. The number of aryl methyl sites for hydroxylation is 1. The zero-order chi connectivity index (χ0) is 13.7. The monoisotopic (exact) mass is 319 g/mol. The third-order valence-corrected chi connectivity index (χ3v) is 3.77. The van der Waals surface area contributed by atoms with E-state index >= 15 is 0 Å². The molecule has 0 spiro atoms. The Labute approximate surface area is 122 Å². The van der Waals surface area contributed by atoms with Gasteiger partial charge in [-0.3, -0.25) is 0 Å². The van der Waals surface area contributed by atoms with E-state index in [0.29, 0.717) is 0 Å². The van der Waals surface area contributed by atoms with Crippen LogP contribution in [0.1, 0.15) is 16.7 Å². The molecule has 0 aromatic heterocycles. The predicted molar refractivity (Wildman–Crippen MR) is 82.4 cm³/mol. The van der Waals surface area contributed by atoms with E-state index in [9.17, 15) is 0 Å². The van der Waals surface area contributed by atoms with Crippen molar-refractivity contribution in [1.82, 2.24) is 5.32 Å². The van der Waals surface area contributed by atoms with Crippen molar-refractivity contribution in [2.45, 2.75) is 20.0 Å². The van der Waals surface area contributed by atoms with E-state index in [1.165, 1.54) is 16.7 Å². The Morgan fingerprint density at radius 3 is 2.53 bits per heavy atom. The lowest BCUT2D eigenvalue weighted by Gasteiger charge is -2.10. The maximum absolute atomic E-state index is 5.34. The van der Waals surface area contributed by atoms with Crippen LogP contribution in [0.25, 0.3) is 0 Å². The van der Waals surface area contributed by atoms with Crippen molar-refractivity contribution >= 4 is 15.9 Å². The van der Waals surface area contributed by atoms with Crippen LogP contribution in [-0.2, 0) is 13.1 Å². The second-order valence-corrected chi connectivity index (χ2v) is 5.36. The normalized spacial score (nSPS) is 10.5. The Bertz CT molecular complexity index is 554. The fourth-order valence-corrected chi connectivity index (χ4v) is 2.61. The highest BCUT2D eigenvalue weighted by Crippen LogP contribution is 2.19. The molecule has 0 fully saturated rings. The fraction of sp³-hybridized carbons (Fsp3) is 0.250. The van der Waals surface area contributed by atoms with Crippen LogP contribution in [0.5, 0.6) is 5.75 Å². The van der Waals surface area contributed by atoms with Crippen molar-refractivity contribution < 1.29 is 4.74 Å². The molecule has 19 heavy (non-hydrogen) atoms. The van der Waals surface area contributed by atoms with Gasteiger partial charge in [-0.15, -0.1) is 0 Å².